The molecule has 0 radical (unpaired) electrons. The lowest BCUT2D eigenvalue weighted by molar-refractivity contribution is 0.0614. The molecule has 0 aromatic heterocycles. The fourth-order valence-electron chi connectivity index (χ4n) is 3.40. The van der Waals surface area contributed by atoms with Gasteiger partial charge in [-0.1, -0.05) is 12.1 Å². The minimum absolute atomic E-state index is 0.178. The van der Waals surface area contributed by atoms with E-state index in [1.54, 1.807) is 7.11 Å². The van der Waals surface area contributed by atoms with Crippen LogP contribution in [0.25, 0.3) is 0 Å². The summed E-state index contributed by atoms with van der Waals surface area (Å²) < 4.78 is 5.22. The van der Waals surface area contributed by atoms with Gasteiger partial charge < -0.3 is 15.0 Å². The molecule has 4 nitrogen and oxygen atoms in total. The first-order valence-corrected chi connectivity index (χ1v) is 7.93. The van der Waals surface area contributed by atoms with E-state index in [1.807, 2.05) is 17.0 Å². The van der Waals surface area contributed by atoms with Crippen molar-refractivity contribution in [3.05, 3.63) is 29.3 Å². The molecule has 21 heavy (non-hydrogen) atoms. The quantitative estimate of drug-likeness (QED) is 0.929. The predicted molar refractivity (Wildman–Crippen MR) is 83.8 cm³/mol. The van der Waals surface area contributed by atoms with Crippen LogP contribution in [-0.2, 0) is 11.2 Å². The van der Waals surface area contributed by atoms with Gasteiger partial charge in [0.05, 0.1) is 11.3 Å². The third-order valence-corrected chi connectivity index (χ3v) is 4.61. The van der Waals surface area contributed by atoms with Crippen LogP contribution in [0, 0.1) is 5.92 Å². The Morgan fingerprint density at radius 2 is 2.19 bits per heavy atom. The number of amides is 1. The van der Waals surface area contributed by atoms with Crippen LogP contribution < -0.4 is 5.32 Å². The molecule has 0 atom stereocenters. The number of nitrogens with one attached hydrogen (secondary N) is 1. The summed E-state index contributed by atoms with van der Waals surface area (Å²) >= 11 is 0. The topological polar surface area (TPSA) is 41.6 Å². The summed E-state index contributed by atoms with van der Waals surface area (Å²) in [5.41, 5.74) is 3.19. The average Bonchev–Trinajstić information content (AvgIpc) is 2.55. The minimum atomic E-state index is 0.178. The first-order valence-electron chi connectivity index (χ1n) is 7.93. The Hall–Kier alpha value is -1.55. The van der Waals surface area contributed by atoms with E-state index in [-0.39, 0.29) is 5.91 Å². The van der Waals surface area contributed by atoms with Crippen molar-refractivity contribution in [2.24, 2.45) is 5.92 Å². The number of carbonyl (C=O) groups is 1. The van der Waals surface area contributed by atoms with Crippen molar-refractivity contribution in [1.82, 2.24) is 4.90 Å². The monoisotopic (exact) mass is 288 g/mol. The summed E-state index contributed by atoms with van der Waals surface area (Å²) in [6.07, 6.45) is 4.30. The summed E-state index contributed by atoms with van der Waals surface area (Å²) in [5.74, 6) is 0.777. The van der Waals surface area contributed by atoms with Gasteiger partial charge in [-0.2, -0.15) is 0 Å². The van der Waals surface area contributed by atoms with Crippen molar-refractivity contribution in [2.45, 2.75) is 25.7 Å². The number of carbonyl (C=O) groups excluding carboxylic acids is 1. The fourth-order valence-corrected chi connectivity index (χ4v) is 3.40. The Morgan fingerprint density at radius 1 is 1.38 bits per heavy atom. The van der Waals surface area contributed by atoms with E-state index in [2.05, 4.69) is 11.4 Å². The zero-order valence-electron chi connectivity index (χ0n) is 12.7. The van der Waals surface area contributed by atoms with Crippen LogP contribution in [0.2, 0.25) is 0 Å². The molecule has 0 saturated carbocycles. The van der Waals surface area contributed by atoms with Gasteiger partial charge in [-0.05, 0) is 43.2 Å². The zero-order chi connectivity index (χ0) is 14.7. The molecule has 1 N–H and O–H groups in total. The summed E-state index contributed by atoms with van der Waals surface area (Å²) in [4.78, 5) is 14.8. The van der Waals surface area contributed by atoms with Crippen molar-refractivity contribution < 1.29 is 9.53 Å². The number of anilines is 1. The zero-order valence-corrected chi connectivity index (χ0v) is 12.7. The van der Waals surface area contributed by atoms with Crippen molar-refractivity contribution in [2.75, 3.05) is 38.7 Å². The maximum absolute atomic E-state index is 12.8. The SMILES string of the molecule is COCC1CCN(C(=O)c2cccc3c2NCCC3)CC1. The van der Waals surface area contributed by atoms with E-state index < -0.39 is 0 Å². The smallest absolute Gasteiger partial charge is 0.255 e. The second-order valence-corrected chi connectivity index (χ2v) is 6.06. The molecule has 1 amide bonds. The van der Waals surface area contributed by atoms with Crippen molar-refractivity contribution >= 4 is 11.6 Å². The summed E-state index contributed by atoms with van der Waals surface area (Å²) in [6, 6.07) is 6.10. The number of nitrogens with zero attached hydrogens (tertiary/aromatic N) is 1. The maximum atomic E-state index is 12.8. The largest absolute Gasteiger partial charge is 0.384 e. The highest BCUT2D eigenvalue weighted by Crippen LogP contribution is 2.28. The molecule has 114 valence electrons. The standard InChI is InChI=1S/C17H24N2O2/c1-21-12-13-7-10-19(11-8-13)17(20)15-6-2-4-14-5-3-9-18-16(14)15/h2,4,6,13,18H,3,5,7-12H2,1H3. The number of piperidine rings is 1. The highest BCUT2D eigenvalue weighted by Gasteiger charge is 2.26. The number of hydrogen-bond acceptors (Lipinski definition) is 3. The van der Waals surface area contributed by atoms with Gasteiger partial charge in [0.1, 0.15) is 0 Å². The predicted octanol–water partition coefficient (Wildman–Crippen LogP) is 2.54. The maximum Gasteiger partial charge on any atom is 0.255 e. The van der Waals surface area contributed by atoms with Crippen LogP contribution in [0.3, 0.4) is 0 Å². The van der Waals surface area contributed by atoms with Crippen molar-refractivity contribution in [1.29, 1.82) is 0 Å². The van der Waals surface area contributed by atoms with Crippen molar-refractivity contribution in [3.8, 4) is 0 Å². The lowest BCUT2D eigenvalue weighted by Crippen LogP contribution is -2.39. The number of hydrogen-bond donors (Lipinski definition) is 1. The second kappa shape index (κ2) is 6.48. The molecule has 0 unspecified atom stereocenters. The van der Waals surface area contributed by atoms with Gasteiger partial charge in [0.2, 0.25) is 0 Å². The van der Waals surface area contributed by atoms with E-state index in [1.165, 1.54) is 5.56 Å². The highest BCUT2D eigenvalue weighted by molar-refractivity contribution is 6.00. The van der Waals surface area contributed by atoms with Crippen LogP contribution in [0.15, 0.2) is 18.2 Å². The highest BCUT2D eigenvalue weighted by atomic mass is 16.5. The van der Waals surface area contributed by atoms with Gasteiger partial charge in [-0.25, -0.2) is 0 Å². The first kappa shape index (κ1) is 14.4. The van der Waals surface area contributed by atoms with Crippen LogP contribution in [0.1, 0.15) is 35.2 Å². The van der Waals surface area contributed by atoms with Crippen LogP contribution in [-0.4, -0.2) is 44.2 Å². The molecule has 2 heterocycles. The Labute approximate surface area is 126 Å². The Balaban J connectivity index is 1.72. The molecule has 0 aliphatic carbocycles. The van der Waals surface area contributed by atoms with Crippen LogP contribution in [0.5, 0.6) is 0 Å². The lowest BCUT2D eigenvalue weighted by atomic mass is 9.95. The number of fused-ring (bicyclic) bond motifs is 1. The summed E-state index contributed by atoms with van der Waals surface area (Å²) in [7, 11) is 1.75. The number of aryl methyl sites for hydroxylation is 1. The average molecular weight is 288 g/mol. The molecular weight excluding hydrogens is 264 g/mol. The molecule has 3 rings (SSSR count). The molecule has 1 saturated heterocycles. The van der Waals surface area contributed by atoms with Crippen molar-refractivity contribution in [3.63, 3.8) is 0 Å². The number of likely N-dealkylation sites (tertiary alicyclic amines) is 1. The van der Waals surface area contributed by atoms with Gasteiger partial charge >= 0.3 is 0 Å². The summed E-state index contributed by atoms with van der Waals surface area (Å²) in [5, 5.41) is 3.41. The van der Waals surface area contributed by atoms with Crippen LogP contribution in [0.4, 0.5) is 5.69 Å². The number of para-hydroxylation sites is 1. The number of methoxy groups -OCH3 is 1. The number of ether oxygens (including phenoxy) is 1. The molecule has 1 fully saturated rings. The molecule has 1 aromatic carbocycles. The molecule has 1 aromatic rings. The van der Waals surface area contributed by atoms with E-state index in [0.717, 1.165) is 63.2 Å². The van der Waals surface area contributed by atoms with Gasteiger partial charge in [0, 0.05) is 33.4 Å². The molecular formula is C17H24N2O2. The first-order chi connectivity index (χ1) is 10.3. The third kappa shape index (κ3) is 3.05. The van der Waals surface area contributed by atoms with E-state index in [9.17, 15) is 4.79 Å². The van der Waals surface area contributed by atoms with Gasteiger partial charge in [-0.3, -0.25) is 4.79 Å². The Morgan fingerprint density at radius 3 is 2.95 bits per heavy atom. The third-order valence-electron chi connectivity index (χ3n) is 4.61. The fraction of sp³-hybridized carbons (Fsp3) is 0.588. The van der Waals surface area contributed by atoms with Crippen LogP contribution >= 0.6 is 0 Å². The Kier molecular flexibility index (Phi) is 4.44. The molecule has 2 aliphatic heterocycles. The van der Waals surface area contributed by atoms with E-state index >= 15 is 0 Å². The molecule has 2 aliphatic rings. The second-order valence-electron chi connectivity index (χ2n) is 6.06. The normalized spacial score (nSPS) is 19.0. The van der Waals surface area contributed by atoms with Gasteiger partial charge in [0.25, 0.3) is 5.91 Å². The molecule has 4 heteroatoms. The lowest BCUT2D eigenvalue weighted by Gasteiger charge is -2.32. The Bertz CT molecular complexity index is 508. The van der Waals surface area contributed by atoms with Gasteiger partial charge in [-0.15, -0.1) is 0 Å². The molecule has 0 spiro atoms. The van der Waals surface area contributed by atoms with Gasteiger partial charge in [0.15, 0.2) is 0 Å². The summed E-state index contributed by atoms with van der Waals surface area (Å²) in [6.45, 7) is 3.46. The van der Waals surface area contributed by atoms with E-state index in [0.29, 0.717) is 5.92 Å². The number of benzene rings is 1. The number of rotatable bonds is 3. The minimum Gasteiger partial charge on any atom is -0.384 e. The molecule has 0 bridgehead atoms. The van der Waals surface area contributed by atoms with E-state index in [4.69, 9.17) is 4.74 Å².